The van der Waals surface area contributed by atoms with Crippen LogP contribution in [0.4, 0.5) is 0 Å². The van der Waals surface area contributed by atoms with Crippen molar-refractivity contribution < 1.29 is 14.6 Å². The second-order valence-electron chi connectivity index (χ2n) is 3.21. The zero-order chi connectivity index (χ0) is 12.0. The molecule has 0 saturated carbocycles. The summed E-state index contributed by atoms with van der Waals surface area (Å²) in [5.41, 5.74) is 1.01. The van der Waals surface area contributed by atoms with Crippen LogP contribution in [0.15, 0.2) is 12.1 Å². The predicted molar refractivity (Wildman–Crippen MR) is 63.3 cm³/mol. The molecule has 0 amide bonds. The largest absolute Gasteiger partial charge is 0.493 e. The lowest BCUT2D eigenvalue weighted by Gasteiger charge is -2.13. The van der Waals surface area contributed by atoms with Gasteiger partial charge in [-0.2, -0.15) is 0 Å². The fourth-order valence-electron chi connectivity index (χ4n) is 1.37. The Morgan fingerprint density at radius 1 is 1.44 bits per heavy atom. The van der Waals surface area contributed by atoms with E-state index in [1.165, 1.54) is 0 Å². The van der Waals surface area contributed by atoms with Crippen molar-refractivity contribution in [1.29, 1.82) is 0 Å². The highest BCUT2D eigenvalue weighted by molar-refractivity contribution is 6.32. The summed E-state index contributed by atoms with van der Waals surface area (Å²) < 4.78 is 10.5. The molecule has 4 nitrogen and oxygen atoms in total. The van der Waals surface area contributed by atoms with E-state index in [0.29, 0.717) is 23.1 Å². The van der Waals surface area contributed by atoms with Crippen molar-refractivity contribution in [3.8, 4) is 11.5 Å². The van der Waals surface area contributed by atoms with E-state index in [1.807, 2.05) is 19.2 Å². The summed E-state index contributed by atoms with van der Waals surface area (Å²) in [6.45, 7) is 0.843. The van der Waals surface area contributed by atoms with E-state index >= 15 is 0 Å². The molecule has 1 aromatic rings. The van der Waals surface area contributed by atoms with Gasteiger partial charge >= 0.3 is 0 Å². The van der Waals surface area contributed by atoms with E-state index in [-0.39, 0.29) is 13.2 Å². The van der Waals surface area contributed by atoms with Gasteiger partial charge in [0, 0.05) is 6.54 Å². The quantitative estimate of drug-likeness (QED) is 0.796. The monoisotopic (exact) mass is 245 g/mol. The van der Waals surface area contributed by atoms with Crippen LogP contribution in [-0.2, 0) is 6.54 Å². The van der Waals surface area contributed by atoms with E-state index in [1.54, 1.807) is 7.11 Å². The van der Waals surface area contributed by atoms with Gasteiger partial charge < -0.3 is 19.9 Å². The van der Waals surface area contributed by atoms with Gasteiger partial charge in [-0.05, 0) is 24.7 Å². The molecule has 0 aliphatic heterocycles. The number of aliphatic hydroxyl groups excluding tert-OH is 1. The van der Waals surface area contributed by atoms with Gasteiger partial charge in [-0.25, -0.2) is 0 Å². The Hall–Kier alpha value is -0.970. The molecule has 16 heavy (non-hydrogen) atoms. The van der Waals surface area contributed by atoms with E-state index in [0.717, 1.165) is 5.56 Å². The molecule has 0 fully saturated rings. The number of methoxy groups -OCH3 is 1. The zero-order valence-corrected chi connectivity index (χ0v) is 10.2. The molecule has 0 aliphatic carbocycles. The minimum atomic E-state index is -0.0578. The second-order valence-corrected chi connectivity index (χ2v) is 3.62. The zero-order valence-electron chi connectivity index (χ0n) is 9.42. The van der Waals surface area contributed by atoms with Gasteiger partial charge in [0.15, 0.2) is 11.5 Å². The first kappa shape index (κ1) is 13.1. The molecule has 90 valence electrons. The molecule has 1 aromatic carbocycles. The molecular weight excluding hydrogens is 230 g/mol. The number of hydrogen-bond acceptors (Lipinski definition) is 4. The van der Waals surface area contributed by atoms with E-state index in [9.17, 15) is 0 Å². The number of hydrogen-bond donors (Lipinski definition) is 2. The molecule has 0 saturated heterocycles. The van der Waals surface area contributed by atoms with Gasteiger partial charge in [-0.15, -0.1) is 0 Å². The van der Waals surface area contributed by atoms with Crippen LogP contribution in [0.2, 0.25) is 5.02 Å². The maximum absolute atomic E-state index is 8.70. The Morgan fingerprint density at radius 2 is 2.19 bits per heavy atom. The van der Waals surface area contributed by atoms with Crippen molar-refractivity contribution in [2.75, 3.05) is 27.4 Å². The number of aliphatic hydroxyl groups is 1. The highest BCUT2D eigenvalue weighted by Crippen LogP contribution is 2.36. The lowest BCUT2D eigenvalue weighted by molar-refractivity contribution is 0.196. The van der Waals surface area contributed by atoms with Crippen LogP contribution in [0.1, 0.15) is 5.56 Å². The standard InChI is InChI=1S/C11H16ClNO3/c1-13-7-8-5-9(12)11(16-4-3-14)10(6-8)15-2/h5-6,13-14H,3-4,7H2,1-2H3. The summed E-state index contributed by atoms with van der Waals surface area (Å²) in [6.07, 6.45) is 0. The van der Waals surface area contributed by atoms with Crippen LogP contribution in [0.3, 0.4) is 0 Å². The van der Waals surface area contributed by atoms with Crippen LogP contribution in [-0.4, -0.2) is 32.5 Å². The minimum absolute atomic E-state index is 0.0578. The van der Waals surface area contributed by atoms with Gasteiger partial charge in [-0.1, -0.05) is 11.6 Å². The lowest BCUT2D eigenvalue weighted by atomic mass is 10.2. The van der Waals surface area contributed by atoms with Crippen LogP contribution in [0.25, 0.3) is 0 Å². The first-order chi connectivity index (χ1) is 7.72. The van der Waals surface area contributed by atoms with Gasteiger partial charge in [-0.3, -0.25) is 0 Å². The topological polar surface area (TPSA) is 50.7 Å². The molecule has 0 unspecified atom stereocenters. The molecule has 0 bridgehead atoms. The second kappa shape index (κ2) is 6.58. The third-order valence-corrected chi connectivity index (χ3v) is 2.29. The van der Waals surface area contributed by atoms with Gasteiger partial charge in [0.2, 0.25) is 0 Å². The Bertz CT molecular complexity index is 344. The molecule has 0 spiro atoms. The Morgan fingerprint density at radius 3 is 2.75 bits per heavy atom. The first-order valence-corrected chi connectivity index (χ1v) is 5.35. The molecule has 5 heteroatoms. The lowest BCUT2D eigenvalue weighted by Crippen LogP contribution is -2.07. The van der Waals surface area contributed by atoms with E-state index in [4.69, 9.17) is 26.2 Å². The number of halogens is 1. The summed E-state index contributed by atoms with van der Waals surface area (Å²) in [5.74, 6) is 1.05. The summed E-state index contributed by atoms with van der Waals surface area (Å²) in [4.78, 5) is 0. The third kappa shape index (κ3) is 3.27. The number of rotatable bonds is 6. The summed E-state index contributed by atoms with van der Waals surface area (Å²) >= 11 is 6.07. The number of benzene rings is 1. The molecule has 0 radical (unpaired) electrons. The van der Waals surface area contributed by atoms with Crippen LogP contribution >= 0.6 is 11.6 Å². The normalized spacial score (nSPS) is 10.2. The molecular formula is C11H16ClNO3. The minimum Gasteiger partial charge on any atom is -0.493 e. The molecule has 2 N–H and O–H groups in total. The van der Waals surface area contributed by atoms with Crippen LogP contribution < -0.4 is 14.8 Å². The fraction of sp³-hybridized carbons (Fsp3) is 0.455. The van der Waals surface area contributed by atoms with E-state index < -0.39 is 0 Å². The SMILES string of the molecule is CNCc1cc(Cl)c(OCCO)c(OC)c1. The molecule has 1 rings (SSSR count). The van der Waals surface area contributed by atoms with Crippen molar-refractivity contribution in [2.24, 2.45) is 0 Å². The maximum atomic E-state index is 8.70. The van der Waals surface area contributed by atoms with Crippen LogP contribution in [0, 0.1) is 0 Å². The first-order valence-electron chi connectivity index (χ1n) is 4.97. The summed E-state index contributed by atoms with van der Waals surface area (Å²) in [7, 11) is 3.41. The van der Waals surface area contributed by atoms with Crippen molar-refractivity contribution in [2.45, 2.75) is 6.54 Å². The van der Waals surface area contributed by atoms with Crippen LogP contribution in [0.5, 0.6) is 11.5 Å². The van der Waals surface area contributed by atoms with E-state index in [2.05, 4.69) is 5.32 Å². The van der Waals surface area contributed by atoms with Crippen molar-refractivity contribution in [3.63, 3.8) is 0 Å². The van der Waals surface area contributed by atoms with Crippen molar-refractivity contribution >= 4 is 11.6 Å². The van der Waals surface area contributed by atoms with Gasteiger partial charge in [0.1, 0.15) is 6.61 Å². The Kier molecular flexibility index (Phi) is 5.38. The average Bonchev–Trinajstić information content (AvgIpc) is 2.27. The maximum Gasteiger partial charge on any atom is 0.179 e. The average molecular weight is 246 g/mol. The molecule has 0 aromatic heterocycles. The number of nitrogens with one attached hydrogen (secondary N) is 1. The molecule has 0 aliphatic rings. The highest BCUT2D eigenvalue weighted by Gasteiger charge is 2.11. The fourth-order valence-corrected chi connectivity index (χ4v) is 1.66. The van der Waals surface area contributed by atoms with Gasteiger partial charge in [0.05, 0.1) is 18.7 Å². The van der Waals surface area contributed by atoms with Crippen molar-refractivity contribution in [1.82, 2.24) is 5.32 Å². The molecule has 0 atom stereocenters. The smallest absolute Gasteiger partial charge is 0.179 e. The summed E-state index contributed by atoms with van der Waals surface area (Å²) in [5, 5.41) is 12.2. The summed E-state index contributed by atoms with van der Waals surface area (Å²) in [6, 6.07) is 3.67. The predicted octanol–water partition coefficient (Wildman–Crippen LogP) is 1.44. The Balaban J connectivity index is 2.97. The molecule has 0 heterocycles. The third-order valence-electron chi connectivity index (χ3n) is 2.01. The number of ether oxygens (including phenoxy) is 2. The highest BCUT2D eigenvalue weighted by atomic mass is 35.5. The Labute approximate surface area is 100 Å². The van der Waals surface area contributed by atoms with Gasteiger partial charge in [0.25, 0.3) is 0 Å². The van der Waals surface area contributed by atoms with Crippen molar-refractivity contribution in [3.05, 3.63) is 22.7 Å².